The highest BCUT2D eigenvalue weighted by molar-refractivity contribution is 9.10. The van der Waals surface area contributed by atoms with Crippen molar-refractivity contribution in [1.82, 2.24) is 0 Å². The van der Waals surface area contributed by atoms with Crippen molar-refractivity contribution in [2.24, 2.45) is 0 Å². The molecule has 92 valence electrons. The maximum Gasteiger partial charge on any atom is 0.338 e. The van der Waals surface area contributed by atoms with E-state index >= 15 is 0 Å². The minimum absolute atomic E-state index is 0.252. The fourth-order valence-electron chi connectivity index (χ4n) is 1.64. The number of esters is 1. The van der Waals surface area contributed by atoms with Crippen LogP contribution in [0.2, 0.25) is 0 Å². The summed E-state index contributed by atoms with van der Waals surface area (Å²) < 4.78 is 6.28. The summed E-state index contributed by atoms with van der Waals surface area (Å²) in [5, 5.41) is 0. The predicted octanol–water partition coefficient (Wildman–Crippen LogP) is 4.37. The molecule has 3 heteroatoms. The molecule has 0 saturated carbocycles. The Kier molecular flexibility index (Phi) is 4.15. The SMILES string of the molecule is CC(OC(=O)c1cccc(Br)c1)c1ccccc1. The summed E-state index contributed by atoms with van der Waals surface area (Å²) in [6.07, 6.45) is -0.252. The molecule has 0 amide bonds. The number of hydrogen-bond donors (Lipinski definition) is 0. The Hall–Kier alpha value is -1.61. The summed E-state index contributed by atoms with van der Waals surface area (Å²) in [4.78, 5) is 11.9. The minimum atomic E-state index is -0.312. The highest BCUT2D eigenvalue weighted by Gasteiger charge is 2.13. The van der Waals surface area contributed by atoms with Crippen molar-refractivity contribution in [1.29, 1.82) is 0 Å². The summed E-state index contributed by atoms with van der Waals surface area (Å²) >= 11 is 3.33. The van der Waals surface area contributed by atoms with Gasteiger partial charge in [-0.25, -0.2) is 4.79 Å². The first-order chi connectivity index (χ1) is 8.66. The predicted molar refractivity (Wildman–Crippen MR) is 74.4 cm³/mol. The van der Waals surface area contributed by atoms with E-state index in [0.717, 1.165) is 10.0 Å². The number of hydrogen-bond acceptors (Lipinski definition) is 2. The maximum atomic E-state index is 11.9. The smallest absolute Gasteiger partial charge is 0.338 e. The van der Waals surface area contributed by atoms with Crippen LogP contribution < -0.4 is 0 Å². The molecule has 0 spiro atoms. The van der Waals surface area contributed by atoms with Crippen LogP contribution in [-0.4, -0.2) is 5.97 Å². The van der Waals surface area contributed by atoms with Crippen LogP contribution in [0.4, 0.5) is 0 Å². The molecular formula is C15H13BrO2. The van der Waals surface area contributed by atoms with Crippen LogP contribution >= 0.6 is 15.9 Å². The van der Waals surface area contributed by atoms with Crippen LogP contribution in [0.3, 0.4) is 0 Å². The number of rotatable bonds is 3. The topological polar surface area (TPSA) is 26.3 Å². The van der Waals surface area contributed by atoms with E-state index < -0.39 is 0 Å². The van der Waals surface area contributed by atoms with Gasteiger partial charge in [-0.3, -0.25) is 0 Å². The molecule has 0 saturated heterocycles. The average molecular weight is 305 g/mol. The van der Waals surface area contributed by atoms with E-state index in [2.05, 4.69) is 15.9 Å². The molecule has 18 heavy (non-hydrogen) atoms. The summed E-state index contributed by atoms with van der Waals surface area (Å²) in [5.74, 6) is -0.312. The molecular weight excluding hydrogens is 292 g/mol. The second-order valence-corrected chi connectivity index (χ2v) is 4.88. The van der Waals surface area contributed by atoms with Gasteiger partial charge in [0.05, 0.1) is 5.56 Å². The van der Waals surface area contributed by atoms with Gasteiger partial charge in [0.25, 0.3) is 0 Å². The molecule has 0 aliphatic heterocycles. The van der Waals surface area contributed by atoms with Gasteiger partial charge >= 0.3 is 5.97 Å². The number of ether oxygens (including phenoxy) is 1. The molecule has 2 rings (SSSR count). The molecule has 1 unspecified atom stereocenters. The van der Waals surface area contributed by atoms with Crippen LogP contribution in [-0.2, 0) is 4.74 Å². The lowest BCUT2D eigenvalue weighted by Gasteiger charge is -2.13. The van der Waals surface area contributed by atoms with Gasteiger partial charge < -0.3 is 4.74 Å². The summed E-state index contributed by atoms with van der Waals surface area (Å²) in [6.45, 7) is 1.87. The largest absolute Gasteiger partial charge is 0.454 e. The minimum Gasteiger partial charge on any atom is -0.454 e. The first-order valence-electron chi connectivity index (χ1n) is 5.68. The summed E-state index contributed by atoms with van der Waals surface area (Å²) in [6, 6.07) is 16.9. The molecule has 2 nitrogen and oxygen atoms in total. The van der Waals surface area contributed by atoms with Crippen molar-refractivity contribution in [2.75, 3.05) is 0 Å². The van der Waals surface area contributed by atoms with Crippen LogP contribution in [0.5, 0.6) is 0 Å². The molecule has 2 aromatic rings. The van der Waals surface area contributed by atoms with Gasteiger partial charge in [-0.1, -0.05) is 52.3 Å². The third-order valence-electron chi connectivity index (χ3n) is 2.61. The highest BCUT2D eigenvalue weighted by atomic mass is 79.9. The standard InChI is InChI=1S/C15H13BrO2/c1-11(12-6-3-2-4-7-12)18-15(17)13-8-5-9-14(16)10-13/h2-11H,1H3. The Morgan fingerprint density at radius 1 is 1.11 bits per heavy atom. The first kappa shape index (κ1) is 12.8. The fourth-order valence-corrected chi connectivity index (χ4v) is 2.04. The molecule has 2 aromatic carbocycles. The van der Waals surface area contributed by atoms with Gasteiger partial charge in [0.1, 0.15) is 6.10 Å². The third-order valence-corrected chi connectivity index (χ3v) is 3.11. The van der Waals surface area contributed by atoms with Gasteiger partial charge in [0.2, 0.25) is 0 Å². The van der Waals surface area contributed by atoms with Gasteiger partial charge in [0, 0.05) is 4.47 Å². The summed E-state index contributed by atoms with van der Waals surface area (Å²) in [5.41, 5.74) is 1.54. The third kappa shape index (κ3) is 3.20. The number of benzene rings is 2. The maximum absolute atomic E-state index is 11.9. The van der Waals surface area contributed by atoms with Crippen molar-refractivity contribution in [3.8, 4) is 0 Å². The molecule has 0 radical (unpaired) electrons. The number of carbonyl (C=O) groups is 1. The Labute approximate surface area is 115 Å². The van der Waals surface area contributed by atoms with Gasteiger partial charge in [-0.2, -0.15) is 0 Å². The van der Waals surface area contributed by atoms with Gasteiger partial charge in [-0.15, -0.1) is 0 Å². The average Bonchev–Trinajstić information content (AvgIpc) is 2.39. The van der Waals surface area contributed by atoms with E-state index in [-0.39, 0.29) is 12.1 Å². The van der Waals surface area contributed by atoms with Crippen molar-refractivity contribution >= 4 is 21.9 Å². The molecule has 0 N–H and O–H groups in total. The van der Waals surface area contributed by atoms with Crippen LogP contribution in [0.25, 0.3) is 0 Å². The van der Waals surface area contributed by atoms with Crippen molar-refractivity contribution in [3.63, 3.8) is 0 Å². The van der Waals surface area contributed by atoms with Gasteiger partial charge in [0.15, 0.2) is 0 Å². The van der Waals surface area contributed by atoms with E-state index in [1.807, 2.05) is 49.4 Å². The Balaban J connectivity index is 2.08. The number of carbonyl (C=O) groups excluding carboxylic acids is 1. The fraction of sp³-hybridized carbons (Fsp3) is 0.133. The van der Waals surface area contributed by atoms with E-state index in [1.165, 1.54) is 0 Å². The lowest BCUT2D eigenvalue weighted by Crippen LogP contribution is -2.09. The summed E-state index contributed by atoms with van der Waals surface area (Å²) in [7, 11) is 0. The first-order valence-corrected chi connectivity index (χ1v) is 6.47. The molecule has 0 aliphatic carbocycles. The zero-order valence-electron chi connectivity index (χ0n) is 9.97. The lowest BCUT2D eigenvalue weighted by atomic mass is 10.1. The lowest BCUT2D eigenvalue weighted by molar-refractivity contribution is 0.0338. The number of halogens is 1. The van der Waals surface area contributed by atoms with Crippen molar-refractivity contribution < 1.29 is 9.53 Å². The second-order valence-electron chi connectivity index (χ2n) is 3.97. The zero-order valence-corrected chi connectivity index (χ0v) is 11.6. The highest BCUT2D eigenvalue weighted by Crippen LogP contribution is 2.19. The van der Waals surface area contributed by atoms with E-state index in [4.69, 9.17) is 4.74 Å². The second kappa shape index (κ2) is 5.83. The van der Waals surface area contributed by atoms with E-state index in [0.29, 0.717) is 5.56 Å². The van der Waals surface area contributed by atoms with Crippen LogP contribution in [0.1, 0.15) is 28.9 Å². The van der Waals surface area contributed by atoms with E-state index in [1.54, 1.807) is 12.1 Å². The van der Waals surface area contributed by atoms with Crippen LogP contribution in [0, 0.1) is 0 Å². The Bertz CT molecular complexity index is 537. The van der Waals surface area contributed by atoms with E-state index in [9.17, 15) is 4.79 Å². The normalized spacial score (nSPS) is 11.9. The Morgan fingerprint density at radius 2 is 1.83 bits per heavy atom. The van der Waals surface area contributed by atoms with Crippen molar-refractivity contribution in [3.05, 3.63) is 70.2 Å². The quantitative estimate of drug-likeness (QED) is 0.787. The molecule has 1 atom stereocenters. The monoisotopic (exact) mass is 304 g/mol. The molecule has 0 aromatic heterocycles. The molecule has 0 fully saturated rings. The molecule has 0 heterocycles. The zero-order chi connectivity index (χ0) is 13.0. The molecule has 0 bridgehead atoms. The van der Waals surface area contributed by atoms with Gasteiger partial charge in [-0.05, 0) is 30.7 Å². The Morgan fingerprint density at radius 3 is 2.50 bits per heavy atom. The molecule has 0 aliphatic rings. The van der Waals surface area contributed by atoms with Crippen molar-refractivity contribution in [2.45, 2.75) is 13.0 Å². The van der Waals surface area contributed by atoms with Crippen LogP contribution in [0.15, 0.2) is 59.1 Å².